The number of nitrogen functional groups attached to an aromatic ring is 1. The van der Waals surface area contributed by atoms with Crippen molar-refractivity contribution in [2.75, 3.05) is 5.73 Å². The number of hydrogen-bond acceptors (Lipinski definition) is 7. The van der Waals surface area contributed by atoms with Crippen LogP contribution in [-0.4, -0.2) is 34.7 Å². The van der Waals surface area contributed by atoms with Crippen LogP contribution in [0, 0.1) is 0 Å². The first-order valence-electron chi connectivity index (χ1n) is 7.26. The Morgan fingerprint density at radius 2 is 1.96 bits per heavy atom. The van der Waals surface area contributed by atoms with Gasteiger partial charge in [0.2, 0.25) is 5.13 Å². The van der Waals surface area contributed by atoms with E-state index in [9.17, 15) is 0 Å². The highest BCUT2D eigenvalue weighted by atomic mass is 32.1. The number of nitrogens with two attached hydrogens (primary N) is 1. The van der Waals surface area contributed by atoms with E-state index >= 15 is 0 Å². The van der Waals surface area contributed by atoms with Crippen LogP contribution in [0.4, 0.5) is 5.13 Å². The van der Waals surface area contributed by atoms with E-state index in [2.05, 4.69) is 25.5 Å². The molecule has 0 bridgehead atoms. The quantitative estimate of drug-likeness (QED) is 0.608. The third-order valence-corrected chi connectivity index (χ3v) is 4.44. The largest absolute Gasteiger partial charge is 0.374 e. The van der Waals surface area contributed by atoms with E-state index in [1.807, 2.05) is 54.3 Å². The Balaban J connectivity index is 1.80. The molecule has 1 aromatic carbocycles. The minimum atomic E-state index is -0.234. The second kappa shape index (κ2) is 5.85. The monoisotopic (exact) mass is 338 g/mol. The van der Waals surface area contributed by atoms with Crippen molar-refractivity contribution < 1.29 is 0 Å². The molecule has 3 heterocycles. The zero-order valence-corrected chi connectivity index (χ0v) is 13.6. The Labute approximate surface area is 141 Å². The first kappa shape index (κ1) is 14.5. The summed E-state index contributed by atoms with van der Waals surface area (Å²) in [4.78, 5) is 4.31. The molecule has 1 atom stereocenters. The van der Waals surface area contributed by atoms with E-state index in [0.717, 1.165) is 16.4 Å². The first-order valence-corrected chi connectivity index (χ1v) is 8.07. The molecular formula is C15H14N8S. The number of benzene rings is 1. The van der Waals surface area contributed by atoms with Gasteiger partial charge in [-0.2, -0.15) is 0 Å². The summed E-state index contributed by atoms with van der Waals surface area (Å²) < 4.78 is 3.66. The Bertz CT molecular complexity index is 955. The number of rotatable bonds is 4. The normalized spacial score (nSPS) is 12.4. The highest BCUT2D eigenvalue weighted by Crippen LogP contribution is 2.29. The van der Waals surface area contributed by atoms with Crippen LogP contribution in [0.1, 0.15) is 16.6 Å². The predicted octanol–water partition coefficient (Wildman–Crippen LogP) is 1.75. The van der Waals surface area contributed by atoms with Crippen LogP contribution < -0.4 is 5.73 Å². The molecule has 4 aromatic rings. The third-order valence-electron chi connectivity index (χ3n) is 3.63. The third kappa shape index (κ3) is 2.54. The topological polar surface area (TPSA) is 100 Å². The molecule has 0 fully saturated rings. The lowest BCUT2D eigenvalue weighted by Gasteiger charge is -2.13. The fourth-order valence-corrected chi connectivity index (χ4v) is 3.25. The van der Waals surface area contributed by atoms with Crippen LogP contribution in [0.5, 0.6) is 0 Å². The van der Waals surface area contributed by atoms with E-state index in [-0.39, 0.29) is 6.04 Å². The number of aryl methyl sites for hydroxylation is 1. The standard InChI is InChI=1S/C15H14N8S/c1-22-8-7-17-13(22)11-9-23(21-18-11)12(10-5-3-2-4-6-10)14-19-20-15(16)24-14/h2-9,12H,1H3,(H2,16,20). The van der Waals surface area contributed by atoms with E-state index < -0.39 is 0 Å². The van der Waals surface area contributed by atoms with Crippen molar-refractivity contribution in [1.29, 1.82) is 0 Å². The van der Waals surface area contributed by atoms with Crippen molar-refractivity contribution >= 4 is 16.5 Å². The maximum absolute atomic E-state index is 5.76. The van der Waals surface area contributed by atoms with E-state index in [4.69, 9.17) is 5.73 Å². The molecule has 3 aromatic heterocycles. The fraction of sp³-hybridized carbons (Fsp3) is 0.133. The van der Waals surface area contributed by atoms with Gasteiger partial charge in [-0.15, -0.1) is 15.3 Å². The Hall–Kier alpha value is -3.07. The zero-order chi connectivity index (χ0) is 16.5. The highest BCUT2D eigenvalue weighted by Gasteiger charge is 2.23. The molecule has 0 aliphatic rings. The van der Waals surface area contributed by atoms with E-state index in [1.165, 1.54) is 11.3 Å². The number of anilines is 1. The lowest BCUT2D eigenvalue weighted by atomic mass is 10.1. The molecule has 0 aliphatic carbocycles. The lowest BCUT2D eigenvalue weighted by molar-refractivity contribution is 0.565. The number of hydrogen-bond donors (Lipinski definition) is 1. The van der Waals surface area contributed by atoms with Crippen LogP contribution >= 0.6 is 11.3 Å². The van der Waals surface area contributed by atoms with Crippen molar-refractivity contribution in [3.8, 4) is 11.5 Å². The summed E-state index contributed by atoms with van der Waals surface area (Å²) in [5.74, 6) is 0.754. The van der Waals surface area contributed by atoms with Gasteiger partial charge in [0.1, 0.15) is 16.7 Å². The minimum Gasteiger partial charge on any atom is -0.374 e. The Morgan fingerprint density at radius 1 is 1.12 bits per heavy atom. The van der Waals surface area contributed by atoms with Gasteiger partial charge in [0, 0.05) is 19.4 Å². The van der Waals surface area contributed by atoms with Gasteiger partial charge in [0.05, 0.1) is 6.20 Å². The van der Waals surface area contributed by atoms with Crippen molar-refractivity contribution in [2.45, 2.75) is 6.04 Å². The Kier molecular flexibility index (Phi) is 3.54. The van der Waals surface area contributed by atoms with Crippen molar-refractivity contribution in [3.05, 3.63) is 59.5 Å². The molecule has 9 heteroatoms. The van der Waals surface area contributed by atoms with Gasteiger partial charge in [-0.05, 0) is 5.56 Å². The summed E-state index contributed by atoms with van der Waals surface area (Å²) in [6, 6.07) is 9.72. The summed E-state index contributed by atoms with van der Waals surface area (Å²) in [5, 5.41) is 17.8. The average Bonchev–Trinajstić information content (AvgIpc) is 3.31. The van der Waals surface area contributed by atoms with Crippen molar-refractivity contribution in [1.82, 2.24) is 34.7 Å². The molecule has 2 N–H and O–H groups in total. The zero-order valence-electron chi connectivity index (χ0n) is 12.8. The fourth-order valence-electron chi connectivity index (χ4n) is 2.52. The van der Waals surface area contributed by atoms with Gasteiger partial charge in [-0.1, -0.05) is 46.9 Å². The molecule has 4 rings (SSSR count). The number of imidazole rings is 1. The van der Waals surface area contributed by atoms with Crippen LogP contribution in [0.15, 0.2) is 48.9 Å². The SMILES string of the molecule is Cn1ccnc1-c1cn(C(c2ccccc2)c2nnc(N)s2)nn1. The molecule has 0 spiro atoms. The molecular weight excluding hydrogens is 324 g/mol. The molecule has 1 unspecified atom stereocenters. The average molecular weight is 338 g/mol. The predicted molar refractivity (Wildman–Crippen MR) is 90.2 cm³/mol. The molecule has 24 heavy (non-hydrogen) atoms. The molecule has 0 aliphatic heterocycles. The molecule has 8 nitrogen and oxygen atoms in total. The maximum Gasteiger partial charge on any atom is 0.203 e. The number of aromatic nitrogens is 7. The van der Waals surface area contributed by atoms with E-state index in [1.54, 1.807) is 10.9 Å². The van der Waals surface area contributed by atoms with Crippen LogP contribution in [0.3, 0.4) is 0 Å². The van der Waals surface area contributed by atoms with Crippen LogP contribution in [0.25, 0.3) is 11.5 Å². The van der Waals surface area contributed by atoms with Crippen LogP contribution in [-0.2, 0) is 7.05 Å². The smallest absolute Gasteiger partial charge is 0.203 e. The van der Waals surface area contributed by atoms with Gasteiger partial charge >= 0.3 is 0 Å². The van der Waals surface area contributed by atoms with Gasteiger partial charge in [0.25, 0.3) is 0 Å². The molecule has 0 saturated heterocycles. The van der Waals surface area contributed by atoms with Gasteiger partial charge in [0.15, 0.2) is 5.82 Å². The summed E-state index contributed by atoms with van der Waals surface area (Å²) in [5.41, 5.74) is 7.49. The second-order valence-corrected chi connectivity index (χ2v) is 6.28. The summed E-state index contributed by atoms with van der Waals surface area (Å²) in [6.07, 6.45) is 5.46. The molecule has 0 radical (unpaired) electrons. The first-order chi connectivity index (χ1) is 11.7. The maximum atomic E-state index is 5.76. The van der Waals surface area contributed by atoms with Crippen molar-refractivity contribution in [3.63, 3.8) is 0 Å². The summed E-state index contributed by atoms with van der Waals surface area (Å²) >= 11 is 1.34. The summed E-state index contributed by atoms with van der Waals surface area (Å²) in [7, 11) is 1.92. The summed E-state index contributed by atoms with van der Waals surface area (Å²) in [6.45, 7) is 0. The van der Waals surface area contributed by atoms with E-state index in [0.29, 0.717) is 10.8 Å². The van der Waals surface area contributed by atoms with Crippen LogP contribution in [0.2, 0.25) is 0 Å². The Morgan fingerprint density at radius 3 is 2.62 bits per heavy atom. The van der Waals surface area contributed by atoms with Crippen molar-refractivity contribution in [2.24, 2.45) is 7.05 Å². The van der Waals surface area contributed by atoms with Gasteiger partial charge in [-0.25, -0.2) is 9.67 Å². The second-order valence-electron chi connectivity index (χ2n) is 5.24. The molecule has 0 saturated carbocycles. The molecule has 0 amide bonds. The lowest BCUT2D eigenvalue weighted by Crippen LogP contribution is -2.13. The number of nitrogens with zero attached hydrogens (tertiary/aromatic N) is 7. The molecule has 120 valence electrons. The van der Waals surface area contributed by atoms with Gasteiger partial charge < -0.3 is 10.3 Å². The minimum absolute atomic E-state index is 0.234. The highest BCUT2D eigenvalue weighted by molar-refractivity contribution is 7.15. The van der Waals surface area contributed by atoms with Gasteiger partial charge in [-0.3, -0.25) is 0 Å².